The average Bonchev–Trinajstić information content (AvgIpc) is 2.27. The Labute approximate surface area is 100 Å². The van der Waals surface area contributed by atoms with E-state index in [9.17, 15) is 13.2 Å². The number of anilines is 1. The number of sulfonamides is 1. The molecular weight excluding hydrogens is 242 g/mol. The molecule has 0 spiro atoms. The third-order valence-corrected chi connectivity index (χ3v) is 3.20. The minimum Gasteiger partial charge on any atom is -0.324 e. The summed E-state index contributed by atoms with van der Waals surface area (Å²) in [4.78, 5) is 11.4. The largest absolute Gasteiger partial charge is 0.324 e. The van der Waals surface area contributed by atoms with Gasteiger partial charge in [0.15, 0.2) is 0 Å². The summed E-state index contributed by atoms with van der Waals surface area (Å²) in [6, 6.07) is 5.22. The number of para-hydroxylation sites is 1. The number of nitrogens with two attached hydrogens (primary N) is 2. The molecule has 1 atom stereocenters. The van der Waals surface area contributed by atoms with Crippen molar-refractivity contribution in [3.05, 3.63) is 24.3 Å². The number of nitrogens with one attached hydrogen (secondary N) is 1. The molecule has 1 amide bonds. The molecule has 0 aliphatic carbocycles. The fraction of sp³-hybridized carbons (Fsp3) is 0.300. The lowest BCUT2D eigenvalue weighted by atomic mass is 10.2. The molecule has 6 nitrogen and oxygen atoms in total. The summed E-state index contributed by atoms with van der Waals surface area (Å²) < 4.78 is 22.5. The van der Waals surface area contributed by atoms with Crippen LogP contribution in [0.15, 0.2) is 29.2 Å². The molecule has 0 fully saturated rings. The lowest BCUT2D eigenvalue weighted by Gasteiger charge is -2.12. The molecule has 1 aromatic rings. The van der Waals surface area contributed by atoms with E-state index in [1.807, 2.05) is 0 Å². The number of benzene rings is 1. The van der Waals surface area contributed by atoms with Crippen LogP contribution < -0.4 is 16.2 Å². The van der Waals surface area contributed by atoms with Gasteiger partial charge in [-0.15, -0.1) is 0 Å². The molecule has 5 N–H and O–H groups in total. The van der Waals surface area contributed by atoms with Gasteiger partial charge in [0.1, 0.15) is 4.90 Å². The highest BCUT2D eigenvalue weighted by Crippen LogP contribution is 2.19. The maximum absolute atomic E-state index is 11.6. The molecule has 1 rings (SSSR count). The van der Waals surface area contributed by atoms with Crippen LogP contribution in [0.5, 0.6) is 0 Å². The van der Waals surface area contributed by atoms with Gasteiger partial charge in [-0.2, -0.15) is 0 Å². The molecule has 0 radical (unpaired) electrons. The van der Waals surface area contributed by atoms with Crippen molar-refractivity contribution in [2.45, 2.75) is 24.3 Å². The van der Waals surface area contributed by atoms with Gasteiger partial charge < -0.3 is 11.1 Å². The smallest absolute Gasteiger partial charge is 0.241 e. The summed E-state index contributed by atoms with van der Waals surface area (Å²) in [5.41, 5.74) is 5.67. The van der Waals surface area contributed by atoms with Gasteiger partial charge in [-0.05, 0) is 18.6 Å². The number of primary sulfonamides is 1. The maximum Gasteiger partial charge on any atom is 0.241 e. The molecule has 0 saturated heterocycles. The highest BCUT2D eigenvalue weighted by Gasteiger charge is 2.17. The van der Waals surface area contributed by atoms with Crippen molar-refractivity contribution in [1.29, 1.82) is 0 Å². The fourth-order valence-corrected chi connectivity index (χ4v) is 1.92. The predicted molar refractivity (Wildman–Crippen MR) is 64.7 cm³/mol. The molecule has 94 valence electrons. The lowest BCUT2D eigenvalue weighted by Crippen LogP contribution is -2.35. The standard InChI is InChI=1S/C10H15N3O3S/c1-2-7(11)10(14)13-8-5-3-4-6-9(8)17(12,15)16/h3-7H,2,11H2,1H3,(H,13,14)(H2,12,15,16)/t7-/m1/s1. The number of carbonyl (C=O) groups excluding carboxylic acids is 1. The number of carbonyl (C=O) groups is 1. The van der Waals surface area contributed by atoms with Crippen LogP contribution in [-0.2, 0) is 14.8 Å². The van der Waals surface area contributed by atoms with Gasteiger partial charge in [0, 0.05) is 0 Å². The first-order chi connectivity index (χ1) is 7.86. The predicted octanol–water partition coefficient (Wildman–Crippen LogP) is 0.00980. The van der Waals surface area contributed by atoms with Crippen LogP contribution in [0.1, 0.15) is 13.3 Å². The van der Waals surface area contributed by atoms with Gasteiger partial charge in [-0.1, -0.05) is 19.1 Å². The Morgan fingerprint density at radius 3 is 2.53 bits per heavy atom. The number of amides is 1. The Balaban J connectivity index is 3.04. The van der Waals surface area contributed by atoms with Crippen LogP contribution in [0.4, 0.5) is 5.69 Å². The quantitative estimate of drug-likeness (QED) is 0.704. The molecule has 1 aromatic carbocycles. The zero-order valence-electron chi connectivity index (χ0n) is 9.38. The number of hydrogen-bond donors (Lipinski definition) is 3. The van der Waals surface area contributed by atoms with E-state index >= 15 is 0 Å². The second-order valence-electron chi connectivity index (χ2n) is 3.55. The lowest BCUT2D eigenvalue weighted by molar-refractivity contribution is -0.117. The van der Waals surface area contributed by atoms with Gasteiger partial charge >= 0.3 is 0 Å². The summed E-state index contributed by atoms with van der Waals surface area (Å²) in [6.07, 6.45) is 0.462. The van der Waals surface area contributed by atoms with E-state index in [-0.39, 0.29) is 10.6 Å². The Morgan fingerprint density at radius 2 is 2.00 bits per heavy atom. The van der Waals surface area contributed by atoms with Gasteiger partial charge in [0.25, 0.3) is 0 Å². The summed E-state index contributed by atoms with van der Waals surface area (Å²) in [6.45, 7) is 1.76. The molecule has 7 heteroatoms. The van der Waals surface area contributed by atoms with Crippen LogP contribution in [0.25, 0.3) is 0 Å². The Morgan fingerprint density at radius 1 is 1.41 bits per heavy atom. The van der Waals surface area contributed by atoms with E-state index in [1.54, 1.807) is 13.0 Å². The molecular formula is C10H15N3O3S. The van der Waals surface area contributed by atoms with Crippen molar-refractivity contribution in [2.75, 3.05) is 5.32 Å². The molecule has 0 unspecified atom stereocenters. The van der Waals surface area contributed by atoms with E-state index in [0.29, 0.717) is 6.42 Å². The SMILES string of the molecule is CC[C@@H](N)C(=O)Nc1ccccc1S(N)(=O)=O. The first-order valence-electron chi connectivity index (χ1n) is 5.04. The minimum absolute atomic E-state index is 0.128. The van der Waals surface area contributed by atoms with Crippen LogP contribution in [0.3, 0.4) is 0 Å². The van der Waals surface area contributed by atoms with Crippen LogP contribution >= 0.6 is 0 Å². The van der Waals surface area contributed by atoms with Gasteiger partial charge in [-0.25, -0.2) is 13.6 Å². The fourth-order valence-electron chi connectivity index (χ4n) is 1.23. The monoisotopic (exact) mass is 257 g/mol. The second-order valence-corrected chi connectivity index (χ2v) is 5.08. The van der Waals surface area contributed by atoms with E-state index in [2.05, 4.69) is 5.32 Å². The van der Waals surface area contributed by atoms with Crippen LogP contribution in [0, 0.1) is 0 Å². The Kier molecular flexibility index (Phi) is 4.22. The Bertz CT molecular complexity index is 513. The normalized spacial score (nSPS) is 13.1. The van der Waals surface area contributed by atoms with E-state index in [1.165, 1.54) is 18.2 Å². The molecule has 0 bridgehead atoms. The van der Waals surface area contributed by atoms with Crippen molar-refractivity contribution in [3.63, 3.8) is 0 Å². The van der Waals surface area contributed by atoms with Gasteiger partial charge in [0.2, 0.25) is 15.9 Å². The molecule has 0 aliphatic heterocycles. The van der Waals surface area contributed by atoms with E-state index in [0.717, 1.165) is 0 Å². The molecule has 17 heavy (non-hydrogen) atoms. The second kappa shape index (κ2) is 5.26. The van der Waals surface area contributed by atoms with E-state index < -0.39 is 22.0 Å². The highest BCUT2D eigenvalue weighted by atomic mass is 32.2. The van der Waals surface area contributed by atoms with Crippen molar-refractivity contribution in [2.24, 2.45) is 10.9 Å². The highest BCUT2D eigenvalue weighted by molar-refractivity contribution is 7.89. The maximum atomic E-state index is 11.6. The molecule has 0 aromatic heterocycles. The van der Waals surface area contributed by atoms with Crippen LogP contribution in [-0.4, -0.2) is 20.4 Å². The zero-order valence-corrected chi connectivity index (χ0v) is 10.2. The Hall–Kier alpha value is -1.44. The summed E-state index contributed by atoms with van der Waals surface area (Å²) in [5.74, 6) is -0.441. The van der Waals surface area contributed by atoms with Gasteiger partial charge in [0.05, 0.1) is 11.7 Å². The summed E-state index contributed by atoms with van der Waals surface area (Å²) in [5, 5.41) is 7.48. The summed E-state index contributed by atoms with van der Waals surface area (Å²) in [7, 11) is -3.87. The number of rotatable bonds is 4. The molecule has 0 heterocycles. The van der Waals surface area contributed by atoms with Crippen molar-refractivity contribution in [3.8, 4) is 0 Å². The molecule has 0 saturated carbocycles. The average molecular weight is 257 g/mol. The first kappa shape index (κ1) is 13.6. The first-order valence-corrected chi connectivity index (χ1v) is 6.59. The number of hydrogen-bond acceptors (Lipinski definition) is 4. The van der Waals surface area contributed by atoms with E-state index in [4.69, 9.17) is 10.9 Å². The van der Waals surface area contributed by atoms with Crippen molar-refractivity contribution in [1.82, 2.24) is 0 Å². The minimum atomic E-state index is -3.87. The third-order valence-electron chi connectivity index (χ3n) is 2.23. The van der Waals surface area contributed by atoms with Gasteiger partial charge in [-0.3, -0.25) is 4.79 Å². The third kappa shape index (κ3) is 3.52. The van der Waals surface area contributed by atoms with Crippen molar-refractivity contribution < 1.29 is 13.2 Å². The van der Waals surface area contributed by atoms with Crippen molar-refractivity contribution >= 4 is 21.6 Å². The molecule has 0 aliphatic rings. The van der Waals surface area contributed by atoms with Crippen LogP contribution in [0.2, 0.25) is 0 Å². The topological polar surface area (TPSA) is 115 Å². The zero-order chi connectivity index (χ0) is 13.1. The summed E-state index contributed by atoms with van der Waals surface area (Å²) >= 11 is 0.